The van der Waals surface area contributed by atoms with Gasteiger partial charge in [-0.1, -0.05) is 36.4 Å². The van der Waals surface area contributed by atoms with E-state index < -0.39 is 0 Å². The van der Waals surface area contributed by atoms with Gasteiger partial charge < -0.3 is 14.7 Å². The van der Waals surface area contributed by atoms with E-state index >= 15 is 0 Å². The summed E-state index contributed by atoms with van der Waals surface area (Å²) in [6.45, 7) is 7.63. The molecule has 2 N–H and O–H groups in total. The predicted octanol–water partition coefficient (Wildman–Crippen LogP) is 0.165. The zero-order valence-electron chi connectivity index (χ0n) is 16.7. The summed E-state index contributed by atoms with van der Waals surface area (Å²) in [4.78, 5) is 22.7. The molecule has 0 radical (unpaired) electrons. The summed E-state index contributed by atoms with van der Waals surface area (Å²) in [5.41, 5.74) is 3.83. The fraction of sp³-hybridized carbons (Fsp3) is 0.391. The average Bonchev–Trinajstić information content (AvgIpc) is 3.17. The zero-order chi connectivity index (χ0) is 19.6. The molecule has 3 aromatic rings. The van der Waals surface area contributed by atoms with E-state index in [0.29, 0.717) is 12.5 Å². The number of hydrogen-bond donors (Lipinski definition) is 2. The van der Waals surface area contributed by atoms with Crippen molar-refractivity contribution in [3.05, 3.63) is 64.7 Å². The van der Waals surface area contributed by atoms with Crippen LogP contribution in [0.2, 0.25) is 0 Å². The van der Waals surface area contributed by atoms with Crippen LogP contribution in [-0.4, -0.2) is 55.1 Å². The summed E-state index contributed by atoms with van der Waals surface area (Å²) >= 11 is 1.82. The standard InChI is InChI=1S/C23H26N4OS/c28-23(27-10-9-18-5-1-2-6-19(18)15-27)17-26-13-11-25(12-14-26)16-22-24-20-7-3-4-8-21(20)29-22/h1-8H,9-17H2/p+2. The number of piperazine rings is 1. The van der Waals surface area contributed by atoms with E-state index in [1.54, 1.807) is 4.90 Å². The minimum absolute atomic E-state index is 0.309. The Kier molecular flexibility index (Phi) is 5.31. The molecule has 1 aromatic heterocycles. The Morgan fingerprint density at radius 2 is 1.69 bits per heavy atom. The molecule has 150 valence electrons. The second-order valence-corrected chi connectivity index (χ2v) is 9.38. The lowest BCUT2D eigenvalue weighted by atomic mass is 10.00. The summed E-state index contributed by atoms with van der Waals surface area (Å²) in [6.07, 6.45) is 0.983. The lowest BCUT2D eigenvalue weighted by molar-refractivity contribution is -1.02. The number of thiazole rings is 1. The lowest BCUT2D eigenvalue weighted by Crippen LogP contribution is -3.28. The highest BCUT2D eigenvalue weighted by molar-refractivity contribution is 7.18. The Labute approximate surface area is 175 Å². The van der Waals surface area contributed by atoms with Gasteiger partial charge in [0.25, 0.3) is 5.91 Å². The van der Waals surface area contributed by atoms with Crippen molar-refractivity contribution in [1.29, 1.82) is 0 Å². The van der Waals surface area contributed by atoms with Gasteiger partial charge in [0.2, 0.25) is 0 Å². The van der Waals surface area contributed by atoms with Crippen molar-refractivity contribution in [2.75, 3.05) is 39.3 Å². The maximum atomic E-state index is 12.8. The number of benzene rings is 2. The van der Waals surface area contributed by atoms with Crippen LogP contribution < -0.4 is 9.80 Å². The molecule has 5 nitrogen and oxygen atoms in total. The monoisotopic (exact) mass is 408 g/mol. The van der Waals surface area contributed by atoms with Crippen molar-refractivity contribution in [3.8, 4) is 0 Å². The van der Waals surface area contributed by atoms with Crippen LogP contribution in [0.1, 0.15) is 16.1 Å². The van der Waals surface area contributed by atoms with Crippen LogP contribution in [0.25, 0.3) is 10.2 Å². The van der Waals surface area contributed by atoms with Crippen LogP contribution >= 0.6 is 11.3 Å². The van der Waals surface area contributed by atoms with Crippen LogP contribution in [0.3, 0.4) is 0 Å². The largest absolute Gasteiger partial charge is 0.333 e. The quantitative estimate of drug-likeness (QED) is 0.646. The van der Waals surface area contributed by atoms with Crippen molar-refractivity contribution in [3.63, 3.8) is 0 Å². The molecule has 0 unspecified atom stereocenters. The fourth-order valence-electron chi connectivity index (χ4n) is 4.55. The molecule has 0 aliphatic carbocycles. The Bertz CT molecular complexity index is 976. The number of quaternary nitrogens is 2. The average molecular weight is 409 g/mol. The minimum atomic E-state index is 0.309. The summed E-state index contributed by atoms with van der Waals surface area (Å²) < 4.78 is 1.28. The Hall–Kier alpha value is -2.28. The maximum absolute atomic E-state index is 12.8. The van der Waals surface area contributed by atoms with E-state index in [9.17, 15) is 4.79 Å². The van der Waals surface area contributed by atoms with Crippen molar-refractivity contribution >= 4 is 27.5 Å². The lowest BCUT2D eigenvalue weighted by Gasteiger charge is -2.32. The minimum Gasteiger partial charge on any atom is -0.333 e. The van der Waals surface area contributed by atoms with Crippen LogP contribution in [0.5, 0.6) is 0 Å². The van der Waals surface area contributed by atoms with E-state index in [-0.39, 0.29) is 0 Å². The van der Waals surface area contributed by atoms with Crippen molar-refractivity contribution in [2.45, 2.75) is 19.5 Å². The molecule has 5 rings (SSSR count). The van der Waals surface area contributed by atoms with E-state index in [2.05, 4.69) is 53.4 Å². The number of aromatic nitrogens is 1. The van der Waals surface area contributed by atoms with Gasteiger partial charge in [0.1, 0.15) is 37.7 Å². The van der Waals surface area contributed by atoms with Crippen molar-refractivity contribution < 1.29 is 14.6 Å². The van der Waals surface area contributed by atoms with Crippen molar-refractivity contribution in [1.82, 2.24) is 9.88 Å². The van der Waals surface area contributed by atoms with Crippen LogP contribution in [0, 0.1) is 0 Å². The highest BCUT2D eigenvalue weighted by atomic mass is 32.1. The number of nitrogens with zero attached hydrogens (tertiary/aromatic N) is 2. The number of amides is 1. The fourth-order valence-corrected chi connectivity index (χ4v) is 5.59. The summed E-state index contributed by atoms with van der Waals surface area (Å²) in [5, 5.41) is 1.23. The first kappa shape index (κ1) is 18.7. The third-order valence-electron chi connectivity index (χ3n) is 6.29. The van der Waals surface area contributed by atoms with Gasteiger partial charge in [-0.15, -0.1) is 11.3 Å². The SMILES string of the molecule is O=C(C[NH+]1CC[NH+](Cc2nc3ccccc3s2)CC1)N1CCc2ccccc2C1. The first-order valence-corrected chi connectivity index (χ1v) is 11.4. The van der Waals surface area contributed by atoms with Gasteiger partial charge in [-0.25, -0.2) is 4.98 Å². The van der Waals surface area contributed by atoms with Gasteiger partial charge in [0.15, 0.2) is 6.54 Å². The van der Waals surface area contributed by atoms with E-state index in [1.807, 2.05) is 11.3 Å². The van der Waals surface area contributed by atoms with Gasteiger partial charge in [-0.3, -0.25) is 4.79 Å². The van der Waals surface area contributed by atoms with Crippen LogP contribution in [-0.2, 0) is 24.3 Å². The molecule has 1 fully saturated rings. The van der Waals surface area contributed by atoms with Gasteiger partial charge in [0, 0.05) is 13.1 Å². The third kappa shape index (κ3) is 4.20. The number of hydrogen-bond acceptors (Lipinski definition) is 3. The zero-order valence-corrected chi connectivity index (χ0v) is 17.5. The molecule has 1 saturated heterocycles. The van der Waals surface area contributed by atoms with E-state index in [0.717, 1.165) is 57.8 Å². The topological polar surface area (TPSA) is 42.1 Å². The molecule has 0 spiro atoms. The van der Waals surface area contributed by atoms with Gasteiger partial charge in [-0.05, 0) is 29.7 Å². The normalized spacial score (nSPS) is 21.9. The number of rotatable bonds is 4. The summed E-state index contributed by atoms with van der Waals surface area (Å²) in [5.74, 6) is 0.309. The molecule has 2 aromatic carbocycles. The molecule has 2 aliphatic rings. The van der Waals surface area contributed by atoms with Crippen LogP contribution in [0.4, 0.5) is 0 Å². The number of nitrogens with one attached hydrogen (secondary N) is 2. The smallest absolute Gasteiger partial charge is 0.278 e. The molecule has 6 heteroatoms. The Morgan fingerprint density at radius 1 is 0.966 bits per heavy atom. The Balaban J connectivity index is 1.12. The van der Waals surface area contributed by atoms with Gasteiger partial charge >= 0.3 is 0 Å². The molecule has 0 saturated carbocycles. The second kappa shape index (κ2) is 8.22. The molecule has 3 heterocycles. The highest BCUT2D eigenvalue weighted by Crippen LogP contribution is 2.21. The Morgan fingerprint density at radius 3 is 2.52 bits per heavy atom. The molecule has 0 bridgehead atoms. The van der Waals surface area contributed by atoms with Crippen molar-refractivity contribution in [2.24, 2.45) is 0 Å². The number of carbonyl (C=O) groups excluding carboxylic acids is 1. The third-order valence-corrected chi connectivity index (χ3v) is 7.32. The molecule has 29 heavy (non-hydrogen) atoms. The van der Waals surface area contributed by atoms with E-state index in [1.165, 1.54) is 25.7 Å². The summed E-state index contributed by atoms with van der Waals surface area (Å²) in [6, 6.07) is 16.9. The van der Waals surface area contributed by atoms with E-state index in [4.69, 9.17) is 4.98 Å². The second-order valence-electron chi connectivity index (χ2n) is 8.26. The molecule has 2 aliphatic heterocycles. The molecule has 0 atom stereocenters. The number of fused-ring (bicyclic) bond motifs is 2. The van der Waals surface area contributed by atoms with Gasteiger partial charge in [0.05, 0.1) is 10.2 Å². The number of carbonyl (C=O) groups is 1. The predicted molar refractivity (Wildman–Crippen MR) is 115 cm³/mol. The first-order chi connectivity index (χ1) is 14.2. The van der Waals surface area contributed by atoms with Gasteiger partial charge in [-0.2, -0.15) is 0 Å². The summed E-state index contributed by atoms with van der Waals surface area (Å²) in [7, 11) is 0. The first-order valence-electron chi connectivity index (χ1n) is 10.6. The molecular weight excluding hydrogens is 380 g/mol. The number of para-hydroxylation sites is 1. The molecule has 1 amide bonds. The molecular formula is C23H28N4OS+2. The van der Waals surface area contributed by atoms with Crippen LogP contribution in [0.15, 0.2) is 48.5 Å². The highest BCUT2D eigenvalue weighted by Gasteiger charge is 2.28. The maximum Gasteiger partial charge on any atom is 0.278 e.